The van der Waals surface area contributed by atoms with Gasteiger partial charge >= 0.3 is 6.36 Å². The van der Waals surface area contributed by atoms with Crippen molar-refractivity contribution in [1.82, 2.24) is 9.78 Å². The summed E-state index contributed by atoms with van der Waals surface area (Å²) in [5, 5.41) is 3.04. The minimum atomic E-state index is -4.84. The molecule has 35 heavy (non-hydrogen) atoms. The maximum atomic E-state index is 13.4. The monoisotopic (exact) mass is 485 g/mol. The molecule has 0 aliphatic rings. The van der Waals surface area contributed by atoms with E-state index in [0.29, 0.717) is 22.7 Å². The van der Waals surface area contributed by atoms with Crippen molar-refractivity contribution >= 4 is 11.4 Å². The molecule has 3 aromatic carbocycles. The Kier molecular flexibility index (Phi) is 6.46. The summed E-state index contributed by atoms with van der Waals surface area (Å²) in [6.45, 7) is 1.57. The highest BCUT2D eigenvalue weighted by Gasteiger charge is 2.31. The van der Waals surface area contributed by atoms with Gasteiger partial charge in [0.05, 0.1) is 35.5 Å². The topological polar surface area (TPSA) is 68.6 Å². The van der Waals surface area contributed by atoms with Crippen molar-refractivity contribution in [3.63, 3.8) is 0 Å². The fourth-order valence-corrected chi connectivity index (χ4v) is 3.51. The molecule has 0 bridgehead atoms. The van der Waals surface area contributed by atoms with Crippen molar-refractivity contribution in [2.75, 3.05) is 7.11 Å². The van der Waals surface area contributed by atoms with Gasteiger partial charge in [-0.15, -0.1) is 13.2 Å². The van der Waals surface area contributed by atoms with Gasteiger partial charge in [0.1, 0.15) is 17.3 Å². The molecule has 0 radical (unpaired) electrons. The van der Waals surface area contributed by atoms with Crippen LogP contribution < -0.4 is 15.0 Å². The number of benzene rings is 3. The van der Waals surface area contributed by atoms with Gasteiger partial charge in [0.2, 0.25) is 0 Å². The molecule has 4 aromatic rings. The molecular formula is C25H19F4N3O3. The summed E-state index contributed by atoms with van der Waals surface area (Å²) in [6.07, 6.45) is -4.84. The number of hydrogen-bond acceptors (Lipinski definition) is 4. The lowest BCUT2D eigenvalue weighted by atomic mass is 10.0. The number of aromatic nitrogens is 2. The predicted molar refractivity (Wildman–Crippen MR) is 123 cm³/mol. The van der Waals surface area contributed by atoms with Gasteiger partial charge in [0.15, 0.2) is 0 Å². The highest BCUT2D eigenvalue weighted by atomic mass is 19.4. The lowest BCUT2D eigenvalue weighted by molar-refractivity contribution is -0.274. The van der Waals surface area contributed by atoms with Gasteiger partial charge in [-0.05, 0) is 67.6 Å². The van der Waals surface area contributed by atoms with Gasteiger partial charge in [0, 0.05) is 11.6 Å². The molecule has 0 unspecified atom stereocenters. The van der Waals surface area contributed by atoms with Crippen molar-refractivity contribution in [3.05, 3.63) is 94.5 Å². The van der Waals surface area contributed by atoms with Gasteiger partial charge in [0.25, 0.3) is 5.56 Å². The molecule has 0 saturated carbocycles. The first-order chi connectivity index (χ1) is 16.6. The molecule has 4 rings (SSSR count). The average molecular weight is 485 g/mol. The molecule has 0 spiro atoms. The molecule has 6 nitrogen and oxygen atoms in total. The van der Waals surface area contributed by atoms with Crippen molar-refractivity contribution in [2.45, 2.75) is 13.3 Å². The minimum Gasteiger partial charge on any atom is -0.497 e. The summed E-state index contributed by atoms with van der Waals surface area (Å²) >= 11 is 0. The van der Waals surface area contributed by atoms with Crippen LogP contribution in [0.5, 0.6) is 11.5 Å². The SMILES string of the molecule is COc1ccc(-c2[nH]n(-c3ccc(F)cc3)c(=O)c2C(C)=Nc2cccc(OC(F)(F)F)c2)cc1. The van der Waals surface area contributed by atoms with E-state index in [4.69, 9.17) is 4.74 Å². The van der Waals surface area contributed by atoms with E-state index >= 15 is 0 Å². The number of H-pyrrole nitrogens is 1. The molecule has 180 valence electrons. The Labute approximate surface area is 197 Å². The number of aromatic amines is 1. The lowest BCUT2D eigenvalue weighted by Crippen LogP contribution is -2.19. The number of nitrogens with one attached hydrogen (secondary N) is 1. The maximum Gasteiger partial charge on any atom is 0.573 e. The summed E-state index contributed by atoms with van der Waals surface area (Å²) in [7, 11) is 1.53. The van der Waals surface area contributed by atoms with E-state index in [1.165, 1.54) is 48.2 Å². The summed E-state index contributed by atoms with van der Waals surface area (Å²) < 4.78 is 61.6. The van der Waals surface area contributed by atoms with Crippen molar-refractivity contribution < 1.29 is 27.0 Å². The molecule has 1 heterocycles. The zero-order chi connectivity index (χ0) is 25.2. The standard InChI is InChI=1S/C25H19F4N3O3/c1-15(30-18-4-3-5-21(14-18)35-25(27,28)29)22-23(16-6-12-20(34-2)13-7-16)31-32(24(22)33)19-10-8-17(26)9-11-19/h3-14,31H,1-2H3. The molecule has 0 amide bonds. The number of methoxy groups -OCH3 is 1. The van der Waals surface area contributed by atoms with Gasteiger partial charge in [-0.25, -0.2) is 9.07 Å². The Balaban J connectivity index is 1.84. The van der Waals surface area contributed by atoms with Crippen molar-refractivity contribution in [3.8, 4) is 28.4 Å². The summed E-state index contributed by atoms with van der Waals surface area (Å²) in [6, 6.07) is 17.4. The number of rotatable bonds is 6. The Morgan fingerprint density at radius 1 is 0.971 bits per heavy atom. The Morgan fingerprint density at radius 3 is 2.29 bits per heavy atom. The number of nitrogens with zero attached hydrogens (tertiary/aromatic N) is 2. The number of ether oxygens (including phenoxy) is 2. The Bertz CT molecular complexity index is 1420. The third-order valence-corrected chi connectivity index (χ3v) is 5.06. The van der Waals surface area contributed by atoms with Crippen LogP contribution in [0, 0.1) is 5.82 Å². The van der Waals surface area contributed by atoms with E-state index in [0.717, 1.165) is 12.1 Å². The first kappa shape index (κ1) is 23.8. The molecule has 0 saturated heterocycles. The van der Waals surface area contributed by atoms with Gasteiger partial charge in [-0.1, -0.05) is 6.07 Å². The summed E-state index contributed by atoms with van der Waals surface area (Å²) in [4.78, 5) is 17.8. The predicted octanol–water partition coefficient (Wildman–Crippen LogP) is 6.02. The fraction of sp³-hybridized carbons (Fsp3) is 0.120. The molecule has 10 heteroatoms. The van der Waals surface area contributed by atoms with Crippen LogP contribution in [0.3, 0.4) is 0 Å². The van der Waals surface area contributed by atoms with Crippen LogP contribution >= 0.6 is 0 Å². The van der Waals surface area contributed by atoms with Crippen LogP contribution in [0.1, 0.15) is 12.5 Å². The largest absolute Gasteiger partial charge is 0.573 e. The van der Waals surface area contributed by atoms with Crippen LogP contribution in [-0.4, -0.2) is 29.0 Å². The molecule has 1 aromatic heterocycles. The number of aliphatic imine (C=N–C) groups is 1. The highest BCUT2D eigenvalue weighted by Crippen LogP contribution is 2.28. The minimum absolute atomic E-state index is 0.166. The lowest BCUT2D eigenvalue weighted by Gasteiger charge is -2.09. The average Bonchev–Trinajstić information content (AvgIpc) is 3.16. The molecule has 0 atom stereocenters. The van der Waals surface area contributed by atoms with Gasteiger partial charge in [-0.2, -0.15) is 0 Å². The molecule has 1 N–H and O–H groups in total. The van der Waals surface area contributed by atoms with Crippen molar-refractivity contribution in [1.29, 1.82) is 0 Å². The molecular weight excluding hydrogens is 466 g/mol. The van der Waals surface area contributed by atoms with E-state index in [1.54, 1.807) is 31.2 Å². The normalized spacial score (nSPS) is 12.0. The third-order valence-electron chi connectivity index (χ3n) is 5.06. The molecule has 0 aliphatic heterocycles. The van der Waals surface area contributed by atoms with Gasteiger partial charge < -0.3 is 9.47 Å². The number of halogens is 4. The Morgan fingerprint density at radius 2 is 1.66 bits per heavy atom. The van der Waals surface area contributed by atoms with Crippen LogP contribution in [0.15, 0.2) is 82.6 Å². The van der Waals surface area contributed by atoms with E-state index in [2.05, 4.69) is 14.8 Å². The second-order valence-corrected chi connectivity index (χ2v) is 7.45. The van der Waals surface area contributed by atoms with E-state index in [1.807, 2.05) is 0 Å². The van der Waals surface area contributed by atoms with E-state index < -0.39 is 23.5 Å². The zero-order valence-corrected chi connectivity index (χ0v) is 18.6. The fourth-order valence-electron chi connectivity index (χ4n) is 3.51. The first-order valence-electron chi connectivity index (χ1n) is 10.3. The highest BCUT2D eigenvalue weighted by molar-refractivity contribution is 6.04. The zero-order valence-electron chi connectivity index (χ0n) is 18.6. The van der Waals surface area contributed by atoms with Crippen LogP contribution in [-0.2, 0) is 0 Å². The van der Waals surface area contributed by atoms with Crippen molar-refractivity contribution in [2.24, 2.45) is 4.99 Å². The van der Waals surface area contributed by atoms with Crippen LogP contribution in [0.4, 0.5) is 23.2 Å². The Hall–Kier alpha value is -4.34. The quantitative estimate of drug-likeness (QED) is 0.268. The maximum absolute atomic E-state index is 13.4. The summed E-state index contributed by atoms with van der Waals surface area (Å²) in [5.74, 6) is -0.273. The molecule has 0 aliphatic carbocycles. The first-order valence-corrected chi connectivity index (χ1v) is 10.3. The second kappa shape index (κ2) is 9.49. The smallest absolute Gasteiger partial charge is 0.497 e. The summed E-state index contributed by atoms with van der Waals surface area (Å²) in [5.41, 5.74) is 1.60. The van der Waals surface area contributed by atoms with E-state index in [-0.39, 0.29) is 17.0 Å². The second-order valence-electron chi connectivity index (χ2n) is 7.45. The van der Waals surface area contributed by atoms with Gasteiger partial charge in [-0.3, -0.25) is 14.9 Å². The third kappa shape index (κ3) is 5.43. The van der Waals surface area contributed by atoms with Crippen LogP contribution in [0.25, 0.3) is 16.9 Å². The molecule has 0 fully saturated rings. The number of hydrogen-bond donors (Lipinski definition) is 1. The van der Waals surface area contributed by atoms with E-state index in [9.17, 15) is 22.4 Å². The number of alkyl halides is 3. The van der Waals surface area contributed by atoms with Crippen LogP contribution in [0.2, 0.25) is 0 Å².